The third-order valence-corrected chi connectivity index (χ3v) is 6.40. The molecule has 3 nitrogen and oxygen atoms in total. The number of alkyl halides is 1. The second-order valence-electron chi connectivity index (χ2n) is 6.85. The summed E-state index contributed by atoms with van der Waals surface area (Å²) in [7, 11) is 0. The molecule has 21 heavy (non-hydrogen) atoms. The van der Waals surface area contributed by atoms with E-state index in [1.807, 2.05) is 6.92 Å². The minimum Gasteiger partial charge on any atom is -0.466 e. The highest BCUT2D eigenvalue weighted by Crippen LogP contribution is 2.38. The molecule has 0 aromatic rings. The minimum atomic E-state index is 0.0156. The number of esters is 1. The third kappa shape index (κ3) is 4.95. The number of nitrogens with zero attached hydrogens (tertiary/aromatic N) is 1. The lowest BCUT2D eigenvalue weighted by atomic mass is 9.81. The van der Waals surface area contributed by atoms with Crippen LogP contribution in [0.5, 0.6) is 0 Å². The third-order valence-electron chi connectivity index (χ3n) is 5.21. The van der Waals surface area contributed by atoms with Gasteiger partial charge < -0.3 is 9.64 Å². The highest BCUT2D eigenvalue weighted by molar-refractivity contribution is 9.09. The molecule has 4 heteroatoms. The van der Waals surface area contributed by atoms with Crippen LogP contribution < -0.4 is 0 Å². The maximum atomic E-state index is 11.8. The summed E-state index contributed by atoms with van der Waals surface area (Å²) in [5.41, 5.74) is 0.466. The van der Waals surface area contributed by atoms with Crippen molar-refractivity contribution in [2.75, 3.05) is 31.6 Å². The van der Waals surface area contributed by atoms with E-state index < -0.39 is 0 Å². The molecule has 0 N–H and O–H groups in total. The zero-order valence-corrected chi connectivity index (χ0v) is 15.0. The van der Waals surface area contributed by atoms with Gasteiger partial charge in [0.25, 0.3) is 0 Å². The van der Waals surface area contributed by atoms with Crippen molar-refractivity contribution >= 4 is 21.9 Å². The number of carbonyl (C=O) groups is 1. The largest absolute Gasteiger partial charge is 0.466 e. The van der Waals surface area contributed by atoms with Gasteiger partial charge in [-0.05, 0) is 51.1 Å². The van der Waals surface area contributed by atoms with Crippen LogP contribution in [0.15, 0.2) is 0 Å². The van der Waals surface area contributed by atoms with Crippen LogP contribution >= 0.6 is 15.9 Å². The van der Waals surface area contributed by atoms with E-state index >= 15 is 0 Å². The molecule has 1 saturated carbocycles. The molecule has 2 rings (SSSR count). The van der Waals surface area contributed by atoms with E-state index in [4.69, 9.17) is 4.74 Å². The Kier molecular flexibility index (Phi) is 7.00. The second-order valence-corrected chi connectivity index (χ2v) is 7.41. The van der Waals surface area contributed by atoms with Gasteiger partial charge in [-0.15, -0.1) is 0 Å². The molecule has 1 heterocycles. The zero-order chi connectivity index (χ0) is 15.1. The van der Waals surface area contributed by atoms with Crippen molar-refractivity contribution in [2.45, 2.75) is 58.3 Å². The number of piperidine rings is 1. The Morgan fingerprint density at radius 1 is 1.19 bits per heavy atom. The first-order valence-electron chi connectivity index (χ1n) is 8.64. The molecule has 0 aromatic heterocycles. The van der Waals surface area contributed by atoms with Gasteiger partial charge in [0.1, 0.15) is 0 Å². The van der Waals surface area contributed by atoms with Crippen molar-refractivity contribution in [3.05, 3.63) is 0 Å². The zero-order valence-electron chi connectivity index (χ0n) is 13.4. The Morgan fingerprint density at radius 2 is 1.81 bits per heavy atom. The van der Waals surface area contributed by atoms with Crippen LogP contribution in [0.3, 0.4) is 0 Å². The standard InChI is InChI=1S/C17H30BrNO2/c1-2-21-16(20)15-7-11-19(12-8-15)14-17(13-18)9-5-3-4-6-10-17/h15H,2-14H2,1H3. The van der Waals surface area contributed by atoms with Gasteiger partial charge in [0.05, 0.1) is 12.5 Å². The topological polar surface area (TPSA) is 29.5 Å². The molecule has 1 aliphatic carbocycles. The number of rotatable bonds is 5. The molecule has 2 aliphatic rings. The Hall–Kier alpha value is -0.0900. The van der Waals surface area contributed by atoms with Crippen LogP contribution in [0, 0.1) is 11.3 Å². The Morgan fingerprint density at radius 3 is 2.33 bits per heavy atom. The lowest BCUT2D eigenvalue weighted by molar-refractivity contribution is -0.149. The van der Waals surface area contributed by atoms with E-state index in [-0.39, 0.29) is 11.9 Å². The summed E-state index contributed by atoms with van der Waals surface area (Å²) >= 11 is 3.78. The van der Waals surface area contributed by atoms with Gasteiger partial charge in [0.15, 0.2) is 0 Å². The van der Waals surface area contributed by atoms with Crippen LogP contribution in [0.25, 0.3) is 0 Å². The normalized spacial score (nSPS) is 24.5. The summed E-state index contributed by atoms with van der Waals surface area (Å²) in [6, 6.07) is 0. The van der Waals surface area contributed by atoms with Gasteiger partial charge in [-0.2, -0.15) is 0 Å². The second kappa shape index (κ2) is 8.52. The van der Waals surface area contributed by atoms with Gasteiger partial charge >= 0.3 is 5.97 Å². The molecule has 2 fully saturated rings. The summed E-state index contributed by atoms with van der Waals surface area (Å²) in [5.74, 6) is 0.150. The average molecular weight is 360 g/mol. The molecule has 1 aliphatic heterocycles. The quantitative estimate of drug-likeness (QED) is 0.422. The fraction of sp³-hybridized carbons (Fsp3) is 0.941. The van der Waals surface area contributed by atoms with Gasteiger partial charge in [0, 0.05) is 11.9 Å². The fourth-order valence-corrected chi connectivity index (χ4v) is 4.61. The molecule has 0 amide bonds. The van der Waals surface area contributed by atoms with Crippen molar-refractivity contribution < 1.29 is 9.53 Å². The van der Waals surface area contributed by atoms with Crippen LogP contribution in [0.2, 0.25) is 0 Å². The van der Waals surface area contributed by atoms with E-state index in [1.54, 1.807) is 0 Å². The number of carbonyl (C=O) groups excluding carboxylic acids is 1. The Balaban J connectivity index is 1.82. The molecule has 1 saturated heterocycles. The molecule has 0 radical (unpaired) electrons. The average Bonchev–Trinajstić information content (AvgIpc) is 2.74. The van der Waals surface area contributed by atoms with E-state index in [1.165, 1.54) is 45.1 Å². The monoisotopic (exact) mass is 359 g/mol. The van der Waals surface area contributed by atoms with E-state index in [0.29, 0.717) is 12.0 Å². The van der Waals surface area contributed by atoms with E-state index in [2.05, 4.69) is 20.8 Å². The number of hydrogen-bond acceptors (Lipinski definition) is 3. The Bertz CT molecular complexity index is 319. The number of ether oxygens (including phenoxy) is 1. The maximum absolute atomic E-state index is 11.8. The van der Waals surface area contributed by atoms with E-state index in [0.717, 1.165) is 31.3 Å². The Labute approximate surface area is 137 Å². The summed E-state index contributed by atoms with van der Waals surface area (Å²) in [5, 5.41) is 1.12. The minimum absolute atomic E-state index is 0.0156. The lowest BCUT2D eigenvalue weighted by Gasteiger charge is -2.39. The number of likely N-dealkylation sites (tertiary alicyclic amines) is 1. The smallest absolute Gasteiger partial charge is 0.309 e. The van der Waals surface area contributed by atoms with Crippen molar-refractivity contribution in [2.24, 2.45) is 11.3 Å². The number of hydrogen-bond donors (Lipinski definition) is 0. The summed E-state index contributed by atoms with van der Waals surface area (Å²) in [6.45, 7) is 5.70. The summed E-state index contributed by atoms with van der Waals surface area (Å²) in [6.07, 6.45) is 10.2. The van der Waals surface area contributed by atoms with Gasteiger partial charge in [-0.25, -0.2) is 0 Å². The molecular formula is C17H30BrNO2. The molecule has 0 bridgehead atoms. The van der Waals surface area contributed by atoms with Crippen LogP contribution in [0.1, 0.15) is 58.3 Å². The predicted molar refractivity (Wildman–Crippen MR) is 89.7 cm³/mol. The maximum Gasteiger partial charge on any atom is 0.309 e. The fourth-order valence-electron chi connectivity index (χ4n) is 3.87. The van der Waals surface area contributed by atoms with Crippen molar-refractivity contribution in [1.29, 1.82) is 0 Å². The van der Waals surface area contributed by atoms with Gasteiger partial charge in [0.2, 0.25) is 0 Å². The van der Waals surface area contributed by atoms with Gasteiger partial charge in [-0.1, -0.05) is 41.6 Å². The molecule has 0 aromatic carbocycles. The first-order valence-corrected chi connectivity index (χ1v) is 9.76. The molecule has 0 spiro atoms. The lowest BCUT2D eigenvalue weighted by Crippen LogP contribution is -2.44. The van der Waals surface area contributed by atoms with Gasteiger partial charge in [-0.3, -0.25) is 4.79 Å². The first kappa shape index (κ1) is 17.3. The highest BCUT2D eigenvalue weighted by atomic mass is 79.9. The van der Waals surface area contributed by atoms with Crippen LogP contribution in [-0.2, 0) is 9.53 Å². The van der Waals surface area contributed by atoms with E-state index in [9.17, 15) is 4.79 Å². The predicted octanol–water partition coefficient (Wildman–Crippen LogP) is 4.00. The molecule has 0 atom stereocenters. The number of halogens is 1. The summed E-state index contributed by atoms with van der Waals surface area (Å²) in [4.78, 5) is 14.4. The van der Waals surface area contributed by atoms with Crippen LogP contribution in [-0.4, -0.2) is 42.4 Å². The highest BCUT2D eigenvalue weighted by Gasteiger charge is 2.34. The van der Waals surface area contributed by atoms with Crippen molar-refractivity contribution in [1.82, 2.24) is 4.90 Å². The van der Waals surface area contributed by atoms with Crippen LogP contribution in [0.4, 0.5) is 0 Å². The molecule has 122 valence electrons. The van der Waals surface area contributed by atoms with Crippen molar-refractivity contribution in [3.8, 4) is 0 Å². The SMILES string of the molecule is CCOC(=O)C1CCN(CC2(CBr)CCCCCC2)CC1. The molecule has 0 unspecified atom stereocenters. The van der Waals surface area contributed by atoms with Crippen molar-refractivity contribution in [3.63, 3.8) is 0 Å². The first-order chi connectivity index (χ1) is 10.2. The summed E-state index contributed by atoms with van der Waals surface area (Å²) < 4.78 is 5.16. The molecular weight excluding hydrogens is 330 g/mol.